The van der Waals surface area contributed by atoms with E-state index in [1.165, 1.54) is 16.7 Å². The SMILES string of the molecule is CCCn1c(=O)c2[nH]c(-c3ccc(S(=O)(=O)NC4CCN(Cc5ccc(F)cc5)CC4)cc3)cc2n(CCC)c1=O. The number of aromatic amines is 1. The molecule has 5 rings (SSSR count). The van der Waals surface area contributed by atoms with Crippen LogP contribution in [0.1, 0.15) is 45.1 Å². The summed E-state index contributed by atoms with van der Waals surface area (Å²) in [5, 5.41) is 0. The molecule has 0 saturated carbocycles. The maximum atomic E-state index is 13.2. The minimum atomic E-state index is -3.72. The van der Waals surface area contributed by atoms with Crippen LogP contribution in [0.25, 0.3) is 22.3 Å². The molecular formula is C30H36FN5O4S. The van der Waals surface area contributed by atoms with Gasteiger partial charge in [-0.05, 0) is 67.1 Å². The lowest BCUT2D eigenvalue weighted by atomic mass is 10.1. The van der Waals surface area contributed by atoms with E-state index >= 15 is 0 Å². The standard InChI is InChI=1S/C30H36FN5O4S/c1-3-15-35-27-19-26(32-28(27)29(37)36(16-4-2)30(35)38)22-7-11-25(12-8-22)41(39,40)33-24-13-17-34(18-14-24)20-21-5-9-23(31)10-6-21/h5-12,19,24,32-33H,3-4,13-18,20H2,1-2H3. The number of nitrogens with zero attached hydrogens (tertiary/aromatic N) is 3. The summed E-state index contributed by atoms with van der Waals surface area (Å²) in [5.41, 5.74) is 2.63. The molecule has 1 saturated heterocycles. The summed E-state index contributed by atoms with van der Waals surface area (Å²) in [6.45, 7) is 6.93. The molecule has 3 heterocycles. The van der Waals surface area contributed by atoms with Gasteiger partial charge in [-0.2, -0.15) is 0 Å². The first-order valence-corrected chi connectivity index (χ1v) is 15.6. The van der Waals surface area contributed by atoms with Gasteiger partial charge in [-0.15, -0.1) is 0 Å². The van der Waals surface area contributed by atoms with Crippen LogP contribution in [-0.4, -0.2) is 46.6 Å². The van der Waals surface area contributed by atoms with Gasteiger partial charge in [0.1, 0.15) is 11.3 Å². The highest BCUT2D eigenvalue weighted by Crippen LogP contribution is 2.24. The third kappa shape index (κ3) is 6.22. The molecular weight excluding hydrogens is 545 g/mol. The number of halogens is 1. The lowest BCUT2D eigenvalue weighted by Gasteiger charge is -2.32. The smallest absolute Gasteiger partial charge is 0.331 e. The van der Waals surface area contributed by atoms with Gasteiger partial charge in [0.15, 0.2) is 0 Å². The summed E-state index contributed by atoms with van der Waals surface area (Å²) in [4.78, 5) is 31.6. The predicted octanol–water partition coefficient (Wildman–Crippen LogP) is 4.06. The minimum Gasteiger partial charge on any atom is -0.349 e. The minimum absolute atomic E-state index is 0.166. The van der Waals surface area contributed by atoms with Crippen LogP contribution in [0.3, 0.4) is 0 Å². The van der Waals surface area contributed by atoms with Crippen LogP contribution in [0.5, 0.6) is 0 Å². The number of hydrogen-bond donors (Lipinski definition) is 2. The Balaban J connectivity index is 1.29. The van der Waals surface area contributed by atoms with Gasteiger partial charge in [0.2, 0.25) is 10.0 Å². The molecule has 0 unspecified atom stereocenters. The number of aromatic nitrogens is 3. The van der Waals surface area contributed by atoms with Crippen LogP contribution in [0.4, 0.5) is 4.39 Å². The summed E-state index contributed by atoms with van der Waals surface area (Å²) in [6, 6.07) is 14.6. The molecule has 0 radical (unpaired) electrons. The van der Waals surface area contributed by atoms with E-state index in [1.54, 1.807) is 47.0 Å². The van der Waals surface area contributed by atoms with Crippen molar-refractivity contribution >= 4 is 21.1 Å². The van der Waals surface area contributed by atoms with Gasteiger partial charge in [-0.1, -0.05) is 38.1 Å². The van der Waals surface area contributed by atoms with Crippen molar-refractivity contribution in [1.82, 2.24) is 23.7 Å². The molecule has 1 aliphatic rings. The molecule has 9 nitrogen and oxygen atoms in total. The molecule has 0 atom stereocenters. The maximum absolute atomic E-state index is 13.2. The summed E-state index contributed by atoms with van der Waals surface area (Å²) in [5.74, 6) is -0.258. The summed E-state index contributed by atoms with van der Waals surface area (Å²) in [6.07, 6.45) is 2.78. The first-order chi connectivity index (χ1) is 19.7. The van der Waals surface area contributed by atoms with Gasteiger partial charge in [0, 0.05) is 44.5 Å². The number of aryl methyl sites for hydroxylation is 1. The molecule has 218 valence electrons. The van der Waals surface area contributed by atoms with Crippen molar-refractivity contribution in [2.45, 2.75) is 70.1 Å². The van der Waals surface area contributed by atoms with Crippen LogP contribution in [-0.2, 0) is 29.7 Å². The fraction of sp³-hybridized carbons (Fsp3) is 0.400. The van der Waals surface area contributed by atoms with E-state index in [-0.39, 0.29) is 28.0 Å². The molecule has 0 bridgehead atoms. The lowest BCUT2D eigenvalue weighted by molar-refractivity contribution is 0.200. The molecule has 0 spiro atoms. The quantitative estimate of drug-likeness (QED) is 0.294. The fourth-order valence-corrected chi connectivity index (χ4v) is 6.77. The molecule has 1 aliphatic heterocycles. The van der Waals surface area contributed by atoms with E-state index in [1.807, 2.05) is 13.8 Å². The van der Waals surface area contributed by atoms with Crippen molar-refractivity contribution in [3.05, 3.63) is 86.8 Å². The Morgan fingerprint density at radius 2 is 1.56 bits per heavy atom. The zero-order valence-corrected chi connectivity index (χ0v) is 24.2. The van der Waals surface area contributed by atoms with Crippen molar-refractivity contribution in [1.29, 1.82) is 0 Å². The van der Waals surface area contributed by atoms with Crippen LogP contribution >= 0.6 is 0 Å². The number of H-pyrrole nitrogens is 1. The van der Waals surface area contributed by atoms with Crippen LogP contribution in [0.2, 0.25) is 0 Å². The molecule has 2 N–H and O–H groups in total. The number of benzene rings is 2. The van der Waals surface area contributed by atoms with E-state index in [0.717, 1.165) is 25.1 Å². The fourth-order valence-electron chi connectivity index (χ4n) is 5.46. The third-order valence-electron chi connectivity index (χ3n) is 7.61. The number of hydrogen-bond acceptors (Lipinski definition) is 5. The number of nitrogens with one attached hydrogen (secondary N) is 2. The van der Waals surface area contributed by atoms with E-state index in [9.17, 15) is 22.4 Å². The largest absolute Gasteiger partial charge is 0.349 e. The van der Waals surface area contributed by atoms with Crippen molar-refractivity contribution in [2.24, 2.45) is 0 Å². The van der Waals surface area contributed by atoms with E-state index in [2.05, 4.69) is 14.6 Å². The van der Waals surface area contributed by atoms with Crippen LogP contribution in [0, 0.1) is 5.82 Å². The average molecular weight is 582 g/mol. The second-order valence-electron chi connectivity index (χ2n) is 10.7. The van der Waals surface area contributed by atoms with Crippen LogP contribution in [0.15, 0.2) is 69.1 Å². The maximum Gasteiger partial charge on any atom is 0.331 e. The Hall–Kier alpha value is -3.54. The van der Waals surface area contributed by atoms with Gasteiger partial charge < -0.3 is 4.98 Å². The number of piperidine rings is 1. The highest BCUT2D eigenvalue weighted by atomic mass is 32.2. The summed E-state index contributed by atoms with van der Waals surface area (Å²) >= 11 is 0. The Morgan fingerprint density at radius 3 is 2.20 bits per heavy atom. The molecule has 2 aromatic carbocycles. The number of fused-ring (bicyclic) bond motifs is 1. The molecule has 2 aromatic heterocycles. The molecule has 4 aromatic rings. The van der Waals surface area contributed by atoms with Crippen molar-refractivity contribution in [2.75, 3.05) is 13.1 Å². The third-order valence-corrected chi connectivity index (χ3v) is 9.14. The second kappa shape index (κ2) is 12.1. The van der Waals surface area contributed by atoms with Crippen molar-refractivity contribution in [3.63, 3.8) is 0 Å². The predicted molar refractivity (Wildman–Crippen MR) is 158 cm³/mol. The van der Waals surface area contributed by atoms with E-state index in [4.69, 9.17) is 0 Å². The monoisotopic (exact) mass is 581 g/mol. The van der Waals surface area contributed by atoms with Gasteiger partial charge in [-0.25, -0.2) is 22.3 Å². The zero-order chi connectivity index (χ0) is 29.1. The molecule has 41 heavy (non-hydrogen) atoms. The first kappa shape index (κ1) is 29.0. The van der Waals surface area contributed by atoms with E-state index < -0.39 is 10.0 Å². The summed E-state index contributed by atoms with van der Waals surface area (Å²) in [7, 11) is -3.72. The first-order valence-electron chi connectivity index (χ1n) is 14.2. The van der Waals surface area contributed by atoms with Crippen molar-refractivity contribution < 1.29 is 12.8 Å². The Morgan fingerprint density at radius 1 is 0.927 bits per heavy atom. The highest BCUT2D eigenvalue weighted by molar-refractivity contribution is 7.89. The zero-order valence-electron chi connectivity index (χ0n) is 23.4. The second-order valence-corrected chi connectivity index (χ2v) is 12.4. The molecule has 0 aliphatic carbocycles. The molecule has 0 amide bonds. The van der Waals surface area contributed by atoms with E-state index in [0.29, 0.717) is 61.2 Å². The molecule has 11 heteroatoms. The van der Waals surface area contributed by atoms with Gasteiger partial charge in [-0.3, -0.25) is 18.8 Å². The van der Waals surface area contributed by atoms with Crippen LogP contribution < -0.4 is 16.0 Å². The van der Waals surface area contributed by atoms with Gasteiger partial charge in [0.05, 0.1) is 10.4 Å². The lowest BCUT2D eigenvalue weighted by Crippen LogP contribution is -2.44. The molecule has 1 fully saturated rings. The highest BCUT2D eigenvalue weighted by Gasteiger charge is 2.25. The Labute approximate surface area is 238 Å². The van der Waals surface area contributed by atoms with Crippen molar-refractivity contribution in [3.8, 4) is 11.3 Å². The number of rotatable bonds is 10. The Bertz CT molecular complexity index is 1730. The van der Waals surface area contributed by atoms with Gasteiger partial charge >= 0.3 is 5.69 Å². The number of likely N-dealkylation sites (tertiary alicyclic amines) is 1. The average Bonchev–Trinajstić information content (AvgIpc) is 3.41. The Kier molecular flexibility index (Phi) is 8.58. The normalized spacial score (nSPS) is 15.1. The number of sulfonamides is 1. The van der Waals surface area contributed by atoms with Gasteiger partial charge in [0.25, 0.3) is 5.56 Å². The summed E-state index contributed by atoms with van der Waals surface area (Å²) < 4.78 is 45.2. The topological polar surface area (TPSA) is 109 Å².